The third-order valence-electron chi connectivity index (χ3n) is 3.54. The molecule has 1 aromatic heterocycles. The van der Waals surface area contributed by atoms with Crippen LogP contribution in [0.2, 0.25) is 0 Å². The first-order valence-corrected chi connectivity index (χ1v) is 7.82. The third kappa shape index (κ3) is 4.66. The van der Waals surface area contributed by atoms with E-state index in [1.807, 2.05) is 7.05 Å². The van der Waals surface area contributed by atoms with Crippen molar-refractivity contribution in [3.63, 3.8) is 0 Å². The van der Waals surface area contributed by atoms with Gasteiger partial charge in [-0.1, -0.05) is 40.0 Å². The minimum atomic E-state index is 0.332. The van der Waals surface area contributed by atoms with E-state index in [1.165, 1.54) is 25.7 Å². The van der Waals surface area contributed by atoms with Crippen LogP contribution in [0.1, 0.15) is 70.7 Å². The van der Waals surface area contributed by atoms with Gasteiger partial charge in [0.1, 0.15) is 17.5 Å². The molecule has 0 spiro atoms. The summed E-state index contributed by atoms with van der Waals surface area (Å²) in [6, 6.07) is 0.444. The molecule has 114 valence electrons. The molecule has 2 N–H and O–H groups in total. The zero-order valence-corrected chi connectivity index (χ0v) is 13.9. The van der Waals surface area contributed by atoms with Crippen LogP contribution in [0, 0.1) is 6.92 Å². The summed E-state index contributed by atoms with van der Waals surface area (Å²) >= 11 is 0. The fourth-order valence-electron chi connectivity index (χ4n) is 2.18. The Labute approximate surface area is 123 Å². The van der Waals surface area contributed by atoms with Crippen LogP contribution in [0.25, 0.3) is 0 Å². The van der Waals surface area contributed by atoms with E-state index in [2.05, 4.69) is 55.2 Å². The molecule has 4 heteroatoms. The molecule has 0 saturated carbocycles. The van der Waals surface area contributed by atoms with E-state index in [0.717, 1.165) is 23.0 Å². The predicted octanol–water partition coefficient (Wildman–Crippen LogP) is 4.33. The van der Waals surface area contributed by atoms with Gasteiger partial charge in [0.05, 0.1) is 0 Å². The minimum absolute atomic E-state index is 0.332. The smallest absolute Gasteiger partial charge is 0.135 e. The molecule has 0 aliphatic carbocycles. The van der Waals surface area contributed by atoms with E-state index < -0.39 is 0 Å². The van der Waals surface area contributed by atoms with E-state index in [4.69, 9.17) is 0 Å². The second kappa shape index (κ2) is 8.08. The van der Waals surface area contributed by atoms with E-state index in [1.54, 1.807) is 0 Å². The zero-order chi connectivity index (χ0) is 15.1. The fraction of sp³-hybridized carbons (Fsp3) is 0.750. The molecular weight excluding hydrogens is 248 g/mol. The van der Waals surface area contributed by atoms with Crippen LogP contribution in [-0.2, 0) is 0 Å². The second-order valence-electron chi connectivity index (χ2n) is 5.85. The van der Waals surface area contributed by atoms with Crippen molar-refractivity contribution < 1.29 is 0 Å². The average Bonchev–Trinajstić information content (AvgIpc) is 2.41. The van der Waals surface area contributed by atoms with Gasteiger partial charge < -0.3 is 10.6 Å². The number of aromatic nitrogens is 2. The van der Waals surface area contributed by atoms with E-state index in [9.17, 15) is 0 Å². The van der Waals surface area contributed by atoms with Crippen molar-refractivity contribution in [2.24, 2.45) is 0 Å². The molecule has 20 heavy (non-hydrogen) atoms. The molecule has 1 rings (SSSR count). The van der Waals surface area contributed by atoms with Crippen molar-refractivity contribution in [2.75, 3.05) is 17.7 Å². The summed E-state index contributed by atoms with van der Waals surface area (Å²) in [7, 11) is 1.91. The largest absolute Gasteiger partial charge is 0.373 e. The topological polar surface area (TPSA) is 49.8 Å². The van der Waals surface area contributed by atoms with Crippen LogP contribution in [0.4, 0.5) is 11.6 Å². The van der Waals surface area contributed by atoms with Crippen LogP contribution in [0.5, 0.6) is 0 Å². The summed E-state index contributed by atoms with van der Waals surface area (Å²) in [5, 5.41) is 6.71. The first-order chi connectivity index (χ1) is 9.49. The molecule has 1 atom stereocenters. The summed E-state index contributed by atoms with van der Waals surface area (Å²) in [6.07, 6.45) is 5.02. The van der Waals surface area contributed by atoms with Gasteiger partial charge in [0, 0.05) is 24.6 Å². The molecular formula is C16H30N4. The van der Waals surface area contributed by atoms with Crippen molar-refractivity contribution in [1.82, 2.24) is 9.97 Å². The van der Waals surface area contributed by atoms with Crippen LogP contribution >= 0.6 is 0 Å². The molecule has 4 nitrogen and oxygen atoms in total. The van der Waals surface area contributed by atoms with Gasteiger partial charge in [-0.05, 0) is 20.3 Å². The summed E-state index contributed by atoms with van der Waals surface area (Å²) in [4.78, 5) is 9.26. The molecule has 0 aromatic carbocycles. The maximum atomic E-state index is 4.69. The van der Waals surface area contributed by atoms with Gasteiger partial charge in [0.15, 0.2) is 0 Å². The van der Waals surface area contributed by atoms with Crippen molar-refractivity contribution in [3.05, 3.63) is 11.4 Å². The third-order valence-corrected chi connectivity index (χ3v) is 3.54. The Balaban J connectivity index is 2.84. The van der Waals surface area contributed by atoms with Gasteiger partial charge in [-0.15, -0.1) is 0 Å². The Hall–Kier alpha value is -1.32. The molecule has 1 unspecified atom stereocenters. The highest BCUT2D eigenvalue weighted by molar-refractivity contribution is 5.57. The lowest BCUT2D eigenvalue weighted by atomic mass is 10.1. The molecule has 1 aromatic rings. The van der Waals surface area contributed by atoms with Crippen LogP contribution in [-0.4, -0.2) is 23.1 Å². The molecule has 0 aliphatic rings. The molecule has 1 heterocycles. The first kappa shape index (κ1) is 16.7. The minimum Gasteiger partial charge on any atom is -0.373 e. The van der Waals surface area contributed by atoms with Crippen molar-refractivity contribution in [1.29, 1.82) is 0 Å². The van der Waals surface area contributed by atoms with Gasteiger partial charge in [-0.2, -0.15) is 0 Å². The Morgan fingerprint density at radius 2 is 1.70 bits per heavy atom. The molecule has 0 saturated heterocycles. The lowest BCUT2D eigenvalue weighted by Crippen LogP contribution is -2.18. The first-order valence-electron chi connectivity index (χ1n) is 7.82. The van der Waals surface area contributed by atoms with Crippen LogP contribution in [0.15, 0.2) is 0 Å². The molecule has 0 radical (unpaired) electrons. The highest BCUT2D eigenvalue weighted by Gasteiger charge is 2.13. The second-order valence-corrected chi connectivity index (χ2v) is 5.85. The summed E-state index contributed by atoms with van der Waals surface area (Å²) < 4.78 is 0. The van der Waals surface area contributed by atoms with Gasteiger partial charge >= 0.3 is 0 Å². The van der Waals surface area contributed by atoms with Gasteiger partial charge in [0.2, 0.25) is 0 Å². The van der Waals surface area contributed by atoms with Gasteiger partial charge in [-0.3, -0.25) is 0 Å². The number of unbranched alkanes of at least 4 members (excludes halogenated alkanes) is 2. The summed E-state index contributed by atoms with van der Waals surface area (Å²) in [5.74, 6) is 3.12. The number of nitrogens with zero attached hydrogens (tertiary/aromatic N) is 2. The predicted molar refractivity (Wildman–Crippen MR) is 87.6 cm³/mol. The van der Waals surface area contributed by atoms with E-state index >= 15 is 0 Å². The monoisotopic (exact) mass is 278 g/mol. The fourth-order valence-corrected chi connectivity index (χ4v) is 2.18. The van der Waals surface area contributed by atoms with E-state index in [-0.39, 0.29) is 0 Å². The Morgan fingerprint density at radius 1 is 1.05 bits per heavy atom. The Bertz CT molecular complexity index is 415. The maximum Gasteiger partial charge on any atom is 0.135 e. The molecule has 0 fully saturated rings. The SMILES string of the molecule is CCCCCC(C)Nc1nc(C(C)C)nc(NC)c1C. The van der Waals surface area contributed by atoms with Crippen molar-refractivity contribution in [2.45, 2.75) is 72.3 Å². The standard InChI is InChI=1S/C16H30N4/c1-7-8-9-10-12(4)18-16-13(5)15(17-6)19-14(20-16)11(2)3/h11-12H,7-10H2,1-6H3,(H2,17,18,19,20). The number of hydrogen-bond acceptors (Lipinski definition) is 4. The zero-order valence-electron chi connectivity index (χ0n) is 13.9. The average molecular weight is 278 g/mol. The summed E-state index contributed by atoms with van der Waals surface area (Å²) in [6.45, 7) is 10.8. The molecule has 0 bridgehead atoms. The maximum absolute atomic E-state index is 4.69. The number of nitrogens with one attached hydrogen (secondary N) is 2. The normalized spacial score (nSPS) is 12.6. The Morgan fingerprint density at radius 3 is 2.25 bits per heavy atom. The number of rotatable bonds is 8. The van der Waals surface area contributed by atoms with Gasteiger partial charge in [0.25, 0.3) is 0 Å². The number of hydrogen-bond donors (Lipinski definition) is 2. The lowest BCUT2D eigenvalue weighted by Gasteiger charge is -2.19. The van der Waals surface area contributed by atoms with Gasteiger partial charge in [-0.25, -0.2) is 9.97 Å². The molecule has 0 aliphatic heterocycles. The number of anilines is 2. The van der Waals surface area contributed by atoms with Crippen LogP contribution in [0.3, 0.4) is 0 Å². The summed E-state index contributed by atoms with van der Waals surface area (Å²) in [5.41, 5.74) is 1.10. The lowest BCUT2D eigenvalue weighted by molar-refractivity contribution is 0.612. The quantitative estimate of drug-likeness (QED) is 0.695. The highest BCUT2D eigenvalue weighted by atomic mass is 15.1. The van der Waals surface area contributed by atoms with Crippen molar-refractivity contribution >= 4 is 11.6 Å². The van der Waals surface area contributed by atoms with E-state index in [0.29, 0.717) is 12.0 Å². The molecule has 0 amide bonds. The van der Waals surface area contributed by atoms with Crippen molar-refractivity contribution in [3.8, 4) is 0 Å². The highest BCUT2D eigenvalue weighted by Crippen LogP contribution is 2.23. The van der Waals surface area contributed by atoms with Crippen LogP contribution < -0.4 is 10.6 Å². The Kier molecular flexibility index (Phi) is 6.76.